The number of aromatic amines is 1. The SMILES string of the molecule is NN(c1ccccc1)c1nc(-c2ccncc2)[nH]c(=O)n1. The zero-order valence-electron chi connectivity index (χ0n) is 11.0. The molecule has 21 heavy (non-hydrogen) atoms. The molecule has 7 nitrogen and oxygen atoms in total. The molecule has 7 heteroatoms. The molecule has 0 unspecified atom stereocenters. The third-order valence-electron chi connectivity index (χ3n) is 2.84. The van der Waals surface area contributed by atoms with Crippen molar-refractivity contribution in [1.82, 2.24) is 19.9 Å². The summed E-state index contributed by atoms with van der Waals surface area (Å²) >= 11 is 0. The summed E-state index contributed by atoms with van der Waals surface area (Å²) in [6, 6.07) is 12.6. The molecule has 0 aliphatic rings. The zero-order chi connectivity index (χ0) is 14.7. The quantitative estimate of drug-likeness (QED) is 0.553. The molecule has 2 heterocycles. The molecule has 0 aliphatic carbocycles. The van der Waals surface area contributed by atoms with Gasteiger partial charge >= 0.3 is 5.69 Å². The molecule has 3 N–H and O–H groups in total. The van der Waals surface area contributed by atoms with Crippen LogP contribution in [0.4, 0.5) is 11.6 Å². The number of H-pyrrole nitrogens is 1. The lowest BCUT2D eigenvalue weighted by atomic mass is 10.2. The number of nitrogens with two attached hydrogens (primary N) is 1. The number of aromatic nitrogens is 4. The highest BCUT2D eigenvalue weighted by Gasteiger charge is 2.11. The first-order chi connectivity index (χ1) is 10.2. The molecule has 0 amide bonds. The van der Waals surface area contributed by atoms with Crippen LogP contribution in [0.15, 0.2) is 59.7 Å². The Morgan fingerprint density at radius 1 is 1.00 bits per heavy atom. The van der Waals surface area contributed by atoms with Gasteiger partial charge in [-0.1, -0.05) is 18.2 Å². The number of hydrogen-bond donors (Lipinski definition) is 2. The second kappa shape index (κ2) is 5.51. The van der Waals surface area contributed by atoms with E-state index in [-0.39, 0.29) is 5.95 Å². The Balaban J connectivity index is 2.05. The van der Waals surface area contributed by atoms with Crippen LogP contribution in [-0.4, -0.2) is 19.9 Å². The Kier molecular flexibility index (Phi) is 3.40. The maximum Gasteiger partial charge on any atom is 0.349 e. The van der Waals surface area contributed by atoms with E-state index in [0.717, 1.165) is 5.56 Å². The molecular weight excluding hydrogens is 268 g/mol. The van der Waals surface area contributed by atoms with Crippen molar-refractivity contribution in [2.75, 3.05) is 5.01 Å². The summed E-state index contributed by atoms with van der Waals surface area (Å²) in [5.74, 6) is 6.49. The number of pyridine rings is 1. The number of anilines is 2. The van der Waals surface area contributed by atoms with Gasteiger partial charge in [-0.25, -0.2) is 15.6 Å². The van der Waals surface area contributed by atoms with E-state index in [2.05, 4.69) is 19.9 Å². The van der Waals surface area contributed by atoms with Crippen molar-refractivity contribution >= 4 is 11.6 Å². The Morgan fingerprint density at radius 3 is 2.43 bits per heavy atom. The fourth-order valence-electron chi connectivity index (χ4n) is 1.83. The van der Waals surface area contributed by atoms with Crippen molar-refractivity contribution in [1.29, 1.82) is 0 Å². The van der Waals surface area contributed by atoms with Gasteiger partial charge in [0.25, 0.3) is 5.95 Å². The number of hydrogen-bond acceptors (Lipinski definition) is 6. The van der Waals surface area contributed by atoms with E-state index in [1.54, 1.807) is 36.7 Å². The largest absolute Gasteiger partial charge is 0.349 e. The van der Waals surface area contributed by atoms with Gasteiger partial charge in [0.15, 0.2) is 0 Å². The number of benzene rings is 1. The van der Waals surface area contributed by atoms with E-state index < -0.39 is 5.69 Å². The lowest BCUT2D eigenvalue weighted by molar-refractivity contribution is 0.918. The van der Waals surface area contributed by atoms with E-state index in [1.807, 2.05) is 18.2 Å². The number of nitrogens with zero attached hydrogens (tertiary/aromatic N) is 4. The summed E-state index contributed by atoms with van der Waals surface area (Å²) in [6.45, 7) is 0. The first kappa shape index (κ1) is 12.9. The van der Waals surface area contributed by atoms with E-state index in [4.69, 9.17) is 5.84 Å². The van der Waals surface area contributed by atoms with Crippen LogP contribution in [-0.2, 0) is 0 Å². The molecule has 0 atom stereocenters. The number of hydrazine groups is 1. The highest BCUT2D eigenvalue weighted by molar-refractivity contribution is 5.59. The van der Waals surface area contributed by atoms with Crippen LogP contribution in [0.1, 0.15) is 0 Å². The second-order valence-electron chi connectivity index (χ2n) is 4.24. The minimum Gasteiger partial charge on any atom is -0.290 e. The smallest absolute Gasteiger partial charge is 0.290 e. The maximum absolute atomic E-state index is 11.7. The van der Waals surface area contributed by atoms with Crippen molar-refractivity contribution in [3.63, 3.8) is 0 Å². The van der Waals surface area contributed by atoms with Gasteiger partial charge in [0.1, 0.15) is 5.82 Å². The van der Waals surface area contributed by atoms with E-state index in [1.165, 1.54) is 5.01 Å². The van der Waals surface area contributed by atoms with Gasteiger partial charge in [-0.3, -0.25) is 9.97 Å². The molecule has 104 valence electrons. The molecular formula is C14H12N6O. The van der Waals surface area contributed by atoms with Crippen LogP contribution in [0.2, 0.25) is 0 Å². The van der Waals surface area contributed by atoms with E-state index >= 15 is 0 Å². The molecule has 3 rings (SSSR count). The Hall–Kier alpha value is -3.06. The van der Waals surface area contributed by atoms with Crippen LogP contribution in [0.3, 0.4) is 0 Å². The Bertz CT molecular complexity index is 787. The fraction of sp³-hybridized carbons (Fsp3) is 0. The summed E-state index contributed by atoms with van der Waals surface area (Å²) in [5.41, 5.74) is 0.897. The van der Waals surface area contributed by atoms with Crippen LogP contribution >= 0.6 is 0 Å². The first-order valence-corrected chi connectivity index (χ1v) is 6.23. The molecule has 0 saturated heterocycles. The van der Waals surface area contributed by atoms with Crippen molar-refractivity contribution in [2.45, 2.75) is 0 Å². The van der Waals surface area contributed by atoms with Gasteiger partial charge in [0.05, 0.1) is 5.69 Å². The lowest BCUT2D eigenvalue weighted by Crippen LogP contribution is -2.30. The second-order valence-corrected chi connectivity index (χ2v) is 4.24. The maximum atomic E-state index is 11.7. The van der Waals surface area contributed by atoms with Crippen LogP contribution in [0, 0.1) is 0 Å². The molecule has 1 aromatic carbocycles. The molecule has 0 aliphatic heterocycles. The van der Waals surface area contributed by atoms with E-state index in [9.17, 15) is 4.79 Å². The third-order valence-corrected chi connectivity index (χ3v) is 2.84. The minimum absolute atomic E-state index is 0.122. The topological polar surface area (TPSA) is 101 Å². The van der Waals surface area contributed by atoms with Gasteiger partial charge in [-0.15, -0.1) is 0 Å². The first-order valence-electron chi connectivity index (χ1n) is 6.23. The molecule has 2 aromatic heterocycles. The van der Waals surface area contributed by atoms with Crippen molar-refractivity contribution in [2.24, 2.45) is 5.84 Å². The summed E-state index contributed by atoms with van der Waals surface area (Å²) in [5, 5.41) is 1.26. The van der Waals surface area contributed by atoms with Gasteiger partial charge < -0.3 is 0 Å². The van der Waals surface area contributed by atoms with Gasteiger partial charge in [-0.2, -0.15) is 9.97 Å². The Labute approximate surface area is 120 Å². The summed E-state index contributed by atoms with van der Waals surface area (Å²) in [7, 11) is 0. The van der Waals surface area contributed by atoms with E-state index in [0.29, 0.717) is 11.5 Å². The highest BCUT2D eigenvalue weighted by atomic mass is 16.1. The molecule has 3 aromatic rings. The van der Waals surface area contributed by atoms with Crippen LogP contribution < -0.4 is 16.5 Å². The Morgan fingerprint density at radius 2 is 1.71 bits per heavy atom. The normalized spacial score (nSPS) is 10.3. The van der Waals surface area contributed by atoms with Gasteiger partial charge in [0.2, 0.25) is 0 Å². The average Bonchev–Trinajstić information content (AvgIpc) is 2.55. The zero-order valence-corrected chi connectivity index (χ0v) is 11.0. The van der Waals surface area contributed by atoms with Crippen LogP contribution in [0.25, 0.3) is 11.4 Å². The summed E-state index contributed by atoms with van der Waals surface area (Å²) in [6.07, 6.45) is 3.24. The molecule has 0 spiro atoms. The predicted octanol–water partition coefficient (Wildman–Crippen LogP) is 1.24. The van der Waals surface area contributed by atoms with Gasteiger partial charge in [0, 0.05) is 18.0 Å². The fourth-order valence-corrected chi connectivity index (χ4v) is 1.83. The number of para-hydroxylation sites is 1. The third kappa shape index (κ3) is 2.77. The molecule has 0 saturated carbocycles. The summed E-state index contributed by atoms with van der Waals surface area (Å²) in [4.78, 5) is 26.3. The summed E-state index contributed by atoms with van der Waals surface area (Å²) < 4.78 is 0. The number of nitrogens with one attached hydrogen (secondary N) is 1. The molecule has 0 radical (unpaired) electrons. The van der Waals surface area contributed by atoms with Crippen molar-refractivity contribution in [3.05, 3.63) is 65.3 Å². The molecule has 0 fully saturated rings. The van der Waals surface area contributed by atoms with Crippen molar-refractivity contribution in [3.8, 4) is 11.4 Å². The number of rotatable bonds is 3. The van der Waals surface area contributed by atoms with Gasteiger partial charge in [-0.05, 0) is 24.3 Å². The highest BCUT2D eigenvalue weighted by Crippen LogP contribution is 2.18. The molecule has 0 bridgehead atoms. The standard InChI is InChI=1S/C14H12N6O/c15-20(11-4-2-1-3-5-11)13-17-12(18-14(21)19-13)10-6-8-16-9-7-10/h1-9H,15H2,(H,17,18,19,21). The van der Waals surface area contributed by atoms with Crippen LogP contribution in [0.5, 0.6) is 0 Å². The lowest BCUT2D eigenvalue weighted by Gasteiger charge is -2.16. The minimum atomic E-state index is -0.516. The monoisotopic (exact) mass is 280 g/mol. The predicted molar refractivity (Wildman–Crippen MR) is 78.7 cm³/mol. The van der Waals surface area contributed by atoms with Crippen molar-refractivity contribution < 1.29 is 0 Å². The average molecular weight is 280 g/mol.